The Hall–Kier alpha value is -3.35. The number of likely N-dealkylation sites (tertiary alicyclic amines) is 1. The number of nitrogens with one attached hydrogen (secondary N) is 2. The molecular formula is C31H39N3O4. The van der Waals surface area contributed by atoms with E-state index in [1.165, 1.54) is 18.2 Å². The molecule has 0 bridgehead atoms. The van der Waals surface area contributed by atoms with Crippen LogP contribution < -0.4 is 10.6 Å². The zero-order valence-corrected chi connectivity index (χ0v) is 22.2. The van der Waals surface area contributed by atoms with Crippen molar-refractivity contribution in [2.75, 3.05) is 19.0 Å². The third-order valence-corrected chi connectivity index (χ3v) is 8.60. The number of methoxy groups -OCH3 is 1. The minimum atomic E-state index is -0.249. The van der Waals surface area contributed by atoms with Gasteiger partial charge in [-0.05, 0) is 49.3 Å². The summed E-state index contributed by atoms with van der Waals surface area (Å²) in [5.74, 6) is -0.00499. The van der Waals surface area contributed by atoms with Crippen molar-refractivity contribution in [3.63, 3.8) is 0 Å². The van der Waals surface area contributed by atoms with Gasteiger partial charge in [-0.25, -0.2) is 0 Å². The summed E-state index contributed by atoms with van der Waals surface area (Å²) in [4.78, 5) is 40.4. The van der Waals surface area contributed by atoms with Gasteiger partial charge in [-0.15, -0.1) is 0 Å². The van der Waals surface area contributed by atoms with Crippen LogP contribution in [0, 0.1) is 11.8 Å². The van der Waals surface area contributed by atoms with Crippen molar-refractivity contribution in [2.24, 2.45) is 11.8 Å². The van der Waals surface area contributed by atoms with E-state index >= 15 is 0 Å². The third kappa shape index (κ3) is 5.57. The molecule has 2 amide bonds. The molecule has 5 atom stereocenters. The topological polar surface area (TPSA) is 87.7 Å². The summed E-state index contributed by atoms with van der Waals surface area (Å²) in [6.45, 7) is 0.734. The minimum absolute atomic E-state index is 0.0294. The Balaban J connectivity index is 1.30. The first kappa shape index (κ1) is 26.3. The fourth-order valence-corrected chi connectivity index (χ4v) is 6.71. The highest BCUT2D eigenvalue weighted by Crippen LogP contribution is 2.51. The van der Waals surface area contributed by atoms with E-state index in [9.17, 15) is 14.4 Å². The quantitative estimate of drug-likeness (QED) is 0.373. The maximum atomic E-state index is 14.2. The van der Waals surface area contributed by atoms with Gasteiger partial charge in [0.15, 0.2) is 0 Å². The van der Waals surface area contributed by atoms with Crippen LogP contribution in [-0.2, 0) is 19.1 Å². The average Bonchev–Trinajstić information content (AvgIpc) is 3.41. The minimum Gasteiger partial charge on any atom is -0.469 e. The second-order valence-corrected chi connectivity index (χ2v) is 10.9. The maximum absolute atomic E-state index is 14.2. The Morgan fingerprint density at radius 1 is 0.947 bits per heavy atom. The highest BCUT2D eigenvalue weighted by atomic mass is 16.5. The zero-order valence-electron chi connectivity index (χ0n) is 22.2. The Morgan fingerprint density at radius 2 is 1.68 bits per heavy atom. The number of amides is 2. The Kier molecular flexibility index (Phi) is 8.30. The number of nitrogens with zero attached hydrogens (tertiary/aromatic N) is 1. The highest BCUT2D eigenvalue weighted by molar-refractivity contribution is 5.83. The van der Waals surface area contributed by atoms with E-state index < -0.39 is 0 Å². The van der Waals surface area contributed by atoms with Crippen molar-refractivity contribution < 1.29 is 19.1 Å². The molecule has 2 N–H and O–H groups in total. The van der Waals surface area contributed by atoms with Crippen LogP contribution in [0.2, 0.25) is 0 Å². The molecule has 38 heavy (non-hydrogen) atoms. The number of unbranched alkanes of at least 4 members (excludes halogenated alkanes) is 1. The van der Waals surface area contributed by atoms with Crippen LogP contribution in [0.1, 0.15) is 81.0 Å². The first-order chi connectivity index (χ1) is 18.6. The maximum Gasteiger partial charge on any atom is 0.305 e. The Labute approximate surface area is 225 Å². The average molecular weight is 518 g/mol. The molecule has 2 fully saturated rings. The number of fused-ring (bicyclic) bond motifs is 3. The second-order valence-electron chi connectivity index (χ2n) is 10.9. The van der Waals surface area contributed by atoms with Gasteiger partial charge in [-0.2, -0.15) is 0 Å². The van der Waals surface area contributed by atoms with Gasteiger partial charge >= 0.3 is 5.97 Å². The van der Waals surface area contributed by atoms with E-state index in [0.717, 1.165) is 44.3 Å². The number of benzene rings is 2. The summed E-state index contributed by atoms with van der Waals surface area (Å²) in [5, 5.41) is 6.96. The summed E-state index contributed by atoms with van der Waals surface area (Å²) in [7, 11) is 1.38. The predicted octanol–water partition coefficient (Wildman–Crippen LogP) is 5.15. The molecule has 7 nitrogen and oxygen atoms in total. The number of carbonyl (C=O) groups is 3. The summed E-state index contributed by atoms with van der Waals surface area (Å²) in [6.07, 6.45) is 6.56. The molecule has 3 aliphatic rings. The lowest BCUT2D eigenvalue weighted by Gasteiger charge is -2.42. The summed E-state index contributed by atoms with van der Waals surface area (Å²) in [5.41, 5.74) is 3.54. The van der Waals surface area contributed by atoms with Crippen LogP contribution >= 0.6 is 0 Å². The molecule has 0 aromatic heterocycles. The summed E-state index contributed by atoms with van der Waals surface area (Å²) in [6, 6.07) is 19.0. The number of hydrogen-bond donors (Lipinski definition) is 2. The fourth-order valence-electron chi connectivity index (χ4n) is 6.71. The number of rotatable bonds is 8. The number of esters is 1. The lowest BCUT2D eigenvalue weighted by Crippen LogP contribution is -2.50. The van der Waals surface area contributed by atoms with Crippen LogP contribution in [0.15, 0.2) is 54.6 Å². The van der Waals surface area contributed by atoms with Crippen LogP contribution in [0.25, 0.3) is 0 Å². The zero-order chi connectivity index (χ0) is 26.5. The molecule has 2 aliphatic heterocycles. The molecule has 5 rings (SSSR count). The van der Waals surface area contributed by atoms with Gasteiger partial charge in [0, 0.05) is 37.0 Å². The SMILES string of the molecule is COC(=O)CCCCC(=O)N[C@@H]1CCCC[C@@H]1C(=O)N1CC[C@H]2[C@H](c3ccccc3)Nc3ccccc3[C@@H]21. The lowest BCUT2D eigenvalue weighted by atomic mass is 9.79. The van der Waals surface area contributed by atoms with E-state index in [-0.39, 0.29) is 41.8 Å². The van der Waals surface area contributed by atoms with Gasteiger partial charge in [0.25, 0.3) is 0 Å². The standard InChI is InChI=1S/C31H39N3O4/c1-38-28(36)18-10-9-17-27(35)32-26-16-8-6-14-23(26)31(37)34-20-19-24-29(21-11-3-2-4-12-21)33-25-15-7-5-13-22(25)30(24)34/h2-5,7,11-13,15,23-24,26,29-30,33H,6,8-10,14,16-20H2,1H3,(H,32,35)/t23-,24-,26+,29-,30-/m0/s1. The van der Waals surface area contributed by atoms with Gasteiger partial charge < -0.3 is 20.3 Å². The van der Waals surface area contributed by atoms with Crippen molar-refractivity contribution in [1.82, 2.24) is 10.2 Å². The number of hydrogen-bond acceptors (Lipinski definition) is 5. The summed E-state index contributed by atoms with van der Waals surface area (Å²) < 4.78 is 4.67. The monoisotopic (exact) mass is 517 g/mol. The molecule has 1 aliphatic carbocycles. The first-order valence-electron chi connectivity index (χ1n) is 14.1. The van der Waals surface area contributed by atoms with Gasteiger partial charge in [0.2, 0.25) is 11.8 Å². The highest BCUT2D eigenvalue weighted by Gasteiger charge is 2.48. The van der Waals surface area contributed by atoms with Crippen molar-refractivity contribution in [3.05, 3.63) is 65.7 Å². The second kappa shape index (κ2) is 12.0. The van der Waals surface area contributed by atoms with Crippen LogP contribution in [0.3, 0.4) is 0 Å². The van der Waals surface area contributed by atoms with Gasteiger partial charge in [0.05, 0.1) is 25.1 Å². The van der Waals surface area contributed by atoms with E-state index in [4.69, 9.17) is 0 Å². The molecule has 1 saturated heterocycles. The van der Waals surface area contributed by atoms with Crippen molar-refractivity contribution in [2.45, 2.75) is 75.9 Å². The Bertz CT molecular complexity index is 1140. The molecule has 0 radical (unpaired) electrons. The third-order valence-electron chi connectivity index (χ3n) is 8.60. The van der Waals surface area contributed by atoms with E-state index in [0.29, 0.717) is 31.6 Å². The molecule has 0 unspecified atom stereocenters. The normalized spacial score (nSPS) is 26.0. The van der Waals surface area contributed by atoms with E-state index in [1.54, 1.807) is 0 Å². The van der Waals surface area contributed by atoms with Gasteiger partial charge in [0.1, 0.15) is 0 Å². The van der Waals surface area contributed by atoms with Gasteiger partial charge in [-0.3, -0.25) is 14.4 Å². The smallest absolute Gasteiger partial charge is 0.305 e. The number of para-hydroxylation sites is 1. The molecule has 2 heterocycles. The number of carbonyl (C=O) groups excluding carboxylic acids is 3. The molecular weight excluding hydrogens is 478 g/mol. The van der Waals surface area contributed by atoms with Crippen LogP contribution in [0.5, 0.6) is 0 Å². The number of ether oxygens (including phenoxy) is 1. The number of anilines is 1. The largest absolute Gasteiger partial charge is 0.469 e. The molecule has 0 spiro atoms. The van der Waals surface area contributed by atoms with Crippen LogP contribution in [-0.4, -0.2) is 42.4 Å². The van der Waals surface area contributed by atoms with E-state index in [2.05, 4.69) is 62.7 Å². The van der Waals surface area contributed by atoms with Gasteiger partial charge in [-0.1, -0.05) is 61.4 Å². The first-order valence-corrected chi connectivity index (χ1v) is 14.1. The molecule has 1 saturated carbocycles. The molecule has 202 valence electrons. The van der Waals surface area contributed by atoms with Crippen molar-refractivity contribution in [3.8, 4) is 0 Å². The lowest BCUT2D eigenvalue weighted by molar-refractivity contribution is -0.141. The van der Waals surface area contributed by atoms with Crippen LogP contribution in [0.4, 0.5) is 5.69 Å². The van der Waals surface area contributed by atoms with Crippen molar-refractivity contribution >= 4 is 23.5 Å². The predicted molar refractivity (Wildman–Crippen MR) is 146 cm³/mol. The fraction of sp³-hybridized carbons (Fsp3) is 0.516. The summed E-state index contributed by atoms with van der Waals surface area (Å²) >= 11 is 0. The molecule has 2 aromatic carbocycles. The molecule has 2 aromatic rings. The van der Waals surface area contributed by atoms with Crippen molar-refractivity contribution in [1.29, 1.82) is 0 Å². The Morgan fingerprint density at radius 3 is 2.50 bits per heavy atom. The van der Waals surface area contributed by atoms with E-state index in [1.807, 2.05) is 12.1 Å². The molecule has 7 heteroatoms.